The van der Waals surface area contributed by atoms with Gasteiger partial charge in [0.2, 0.25) is 0 Å². The van der Waals surface area contributed by atoms with Gasteiger partial charge in [-0.3, -0.25) is 0 Å². The van der Waals surface area contributed by atoms with E-state index in [1.165, 1.54) is 11.1 Å². The highest BCUT2D eigenvalue weighted by atomic mass is 16.4. The second-order valence-electron chi connectivity index (χ2n) is 9.44. The van der Waals surface area contributed by atoms with Crippen LogP contribution in [0.1, 0.15) is 85.6 Å². The highest BCUT2D eigenvalue weighted by molar-refractivity contribution is 5.87. The lowest BCUT2D eigenvalue weighted by Crippen LogP contribution is -2.35. The van der Waals surface area contributed by atoms with Crippen LogP contribution in [0.15, 0.2) is 36.4 Å². The van der Waals surface area contributed by atoms with Crippen LogP contribution in [0, 0.1) is 6.92 Å². The zero-order valence-electron chi connectivity index (χ0n) is 17.2. The third-order valence-corrected chi connectivity index (χ3v) is 6.42. The molecule has 3 rings (SSSR count). The van der Waals surface area contributed by atoms with Crippen LogP contribution >= 0.6 is 0 Å². The van der Waals surface area contributed by atoms with Crippen molar-refractivity contribution in [3.05, 3.63) is 69.8 Å². The molecule has 0 spiro atoms. The zero-order chi connectivity index (χ0) is 20.2. The molecule has 0 aromatic heterocycles. The fourth-order valence-electron chi connectivity index (χ4n) is 4.34. The predicted molar refractivity (Wildman–Crippen MR) is 109 cm³/mol. The Balaban J connectivity index is 2.15. The third kappa shape index (κ3) is 3.29. The quantitative estimate of drug-likeness (QED) is 0.775. The van der Waals surface area contributed by atoms with E-state index in [9.17, 15) is 9.90 Å². The first-order valence-corrected chi connectivity index (χ1v) is 9.58. The van der Waals surface area contributed by atoms with Gasteiger partial charge < -0.3 is 10.2 Å². The summed E-state index contributed by atoms with van der Waals surface area (Å²) in [4.78, 5) is 11.1. The van der Waals surface area contributed by atoms with E-state index in [4.69, 9.17) is 5.11 Å². The normalized spacial score (nSPS) is 19.8. The number of carboxylic acid groups (broad SMARTS) is 1. The third-order valence-electron chi connectivity index (χ3n) is 6.42. The zero-order valence-corrected chi connectivity index (χ0v) is 17.2. The van der Waals surface area contributed by atoms with E-state index in [0.717, 1.165) is 24.0 Å². The molecule has 27 heavy (non-hydrogen) atoms. The van der Waals surface area contributed by atoms with Gasteiger partial charge in [0.15, 0.2) is 0 Å². The Labute approximate surface area is 162 Å². The van der Waals surface area contributed by atoms with E-state index in [1.54, 1.807) is 31.2 Å². The molecule has 3 nitrogen and oxygen atoms in total. The van der Waals surface area contributed by atoms with Crippen molar-refractivity contribution in [3.8, 4) is 0 Å². The minimum Gasteiger partial charge on any atom is -0.478 e. The molecule has 0 radical (unpaired) electrons. The molecule has 1 aliphatic carbocycles. The van der Waals surface area contributed by atoms with Crippen LogP contribution in [0.5, 0.6) is 0 Å². The average molecular weight is 367 g/mol. The van der Waals surface area contributed by atoms with Crippen LogP contribution in [0.3, 0.4) is 0 Å². The van der Waals surface area contributed by atoms with E-state index < -0.39 is 11.6 Å². The van der Waals surface area contributed by atoms with E-state index in [1.807, 2.05) is 6.92 Å². The summed E-state index contributed by atoms with van der Waals surface area (Å²) in [5.74, 6) is -0.963. The summed E-state index contributed by atoms with van der Waals surface area (Å²) in [7, 11) is 0. The summed E-state index contributed by atoms with van der Waals surface area (Å²) < 4.78 is 0. The molecule has 1 atom stereocenters. The molecule has 0 saturated heterocycles. The summed E-state index contributed by atoms with van der Waals surface area (Å²) in [6.07, 6.45) is 2.27. The smallest absolute Gasteiger partial charge is 0.335 e. The van der Waals surface area contributed by atoms with E-state index in [-0.39, 0.29) is 16.4 Å². The Morgan fingerprint density at radius 2 is 1.44 bits per heavy atom. The number of rotatable bonds is 3. The summed E-state index contributed by atoms with van der Waals surface area (Å²) in [5.41, 5.74) is 4.55. The van der Waals surface area contributed by atoms with Gasteiger partial charge in [-0.15, -0.1) is 0 Å². The molecule has 144 valence electrons. The number of carbonyl (C=O) groups is 1. The van der Waals surface area contributed by atoms with Gasteiger partial charge in [-0.05, 0) is 77.5 Å². The number of benzene rings is 2. The molecule has 2 aromatic rings. The van der Waals surface area contributed by atoms with E-state index in [0.29, 0.717) is 5.56 Å². The number of aliphatic hydroxyl groups is 1. The molecular formula is C24H30O3. The number of hydrogen-bond acceptors (Lipinski definition) is 2. The van der Waals surface area contributed by atoms with Crippen LogP contribution in [0.25, 0.3) is 0 Å². The molecule has 0 unspecified atom stereocenters. The van der Waals surface area contributed by atoms with Gasteiger partial charge in [0.1, 0.15) is 5.60 Å². The van der Waals surface area contributed by atoms with Crippen LogP contribution in [-0.2, 0) is 16.4 Å². The fraction of sp³-hybridized carbons (Fsp3) is 0.458. The number of aryl methyl sites for hydroxylation is 1. The van der Waals surface area contributed by atoms with Crippen LogP contribution < -0.4 is 0 Å². The Morgan fingerprint density at radius 1 is 0.963 bits per heavy atom. The first-order chi connectivity index (χ1) is 12.4. The first-order valence-electron chi connectivity index (χ1n) is 9.58. The van der Waals surface area contributed by atoms with Crippen molar-refractivity contribution in [1.82, 2.24) is 0 Å². The van der Waals surface area contributed by atoms with Gasteiger partial charge in [0.25, 0.3) is 0 Å². The number of carboxylic acids is 1. The molecule has 0 fully saturated rings. The largest absolute Gasteiger partial charge is 0.478 e. The van der Waals surface area contributed by atoms with Crippen molar-refractivity contribution in [1.29, 1.82) is 0 Å². The van der Waals surface area contributed by atoms with Crippen molar-refractivity contribution in [2.45, 2.75) is 70.8 Å². The summed E-state index contributed by atoms with van der Waals surface area (Å²) in [6, 6.07) is 10.9. The standard InChI is InChI=1S/C24H30O3/c1-15-13-19-20(23(4,5)12-11-22(19,2)3)14-18(15)24(6,27)17-9-7-16(8-10-17)21(25)26/h7-10,13-14,27H,11-12H2,1-6H3,(H,25,26)/t24-/m1/s1. The Bertz CT molecular complexity index is 887. The van der Waals surface area contributed by atoms with Gasteiger partial charge >= 0.3 is 5.97 Å². The molecule has 1 aliphatic rings. The SMILES string of the molecule is Cc1cc2c(cc1[C@](C)(O)c1ccc(C(=O)O)cc1)C(C)(C)CCC2(C)C. The second-order valence-corrected chi connectivity index (χ2v) is 9.44. The maximum Gasteiger partial charge on any atom is 0.335 e. The molecule has 0 aliphatic heterocycles. The maximum absolute atomic E-state index is 11.4. The number of hydrogen-bond donors (Lipinski definition) is 2. The van der Waals surface area contributed by atoms with Crippen molar-refractivity contribution < 1.29 is 15.0 Å². The minimum atomic E-state index is -1.19. The molecule has 3 heteroatoms. The molecule has 2 aromatic carbocycles. The highest BCUT2D eigenvalue weighted by Gasteiger charge is 2.39. The van der Waals surface area contributed by atoms with Gasteiger partial charge in [0.05, 0.1) is 5.56 Å². The second kappa shape index (κ2) is 6.20. The Hall–Kier alpha value is -2.13. The highest BCUT2D eigenvalue weighted by Crippen LogP contribution is 2.48. The van der Waals surface area contributed by atoms with Crippen molar-refractivity contribution in [2.24, 2.45) is 0 Å². The Kier molecular flexibility index (Phi) is 4.51. The molecule has 0 bridgehead atoms. The predicted octanol–water partition coefficient (Wildman–Crippen LogP) is 5.30. The average Bonchev–Trinajstić information content (AvgIpc) is 2.58. The van der Waals surface area contributed by atoms with E-state index in [2.05, 4.69) is 39.8 Å². The summed E-state index contributed by atoms with van der Waals surface area (Å²) >= 11 is 0. The summed E-state index contributed by atoms with van der Waals surface area (Å²) in [5, 5.41) is 20.5. The molecule has 0 saturated carbocycles. The van der Waals surface area contributed by atoms with Gasteiger partial charge in [-0.25, -0.2) is 4.79 Å². The molecule has 0 heterocycles. The van der Waals surface area contributed by atoms with Gasteiger partial charge in [0, 0.05) is 0 Å². The van der Waals surface area contributed by atoms with Crippen LogP contribution in [0.4, 0.5) is 0 Å². The lowest BCUT2D eigenvalue weighted by molar-refractivity contribution is 0.0695. The maximum atomic E-state index is 11.4. The molecule has 0 amide bonds. The topological polar surface area (TPSA) is 57.5 Å². The van der Waals surface area contributed by atoms with E-state index >= 15 is 0 Å². The molecular weight excluding hydrogens is 336 g/mol. The number of aromatic carboxylic acids is 1. The Morgan fingerprint density at radius 3 is 1.93 bits per heavy atom. The lowest BCUT2D eigenvalue weighted by atomic mass is 9.62. The van der Waals surface area contributed by atoms with Crippen LogP contribution in [-0.4, -0.2) is 16.2 Å². The van der Waals surface area contributed by atoms with Crippen molar-refractivity contribution in [3.63, 3.8) is 0 Å². The van der Waals surface area contributed by atoms with Gasteiger partial charge in [-0.1, -0.05) is 52.0 Å². The fourth-order valence-corrected chi connectivity index (χ4v) is 4.34. The van der Waals surface area contributed by atoms with Crippen molar-refractivity contribution in [2.75, 3.05) is 0 Å². The monoisotopic (exact) mass is 366 g/mol. The number of fused-ring (bicyclic) bond motifs is 1. The first kappa shape index (κ1) is 19.6. The minimum absolute atomic E-state index is 0.0660. The summed E-state index contributed by atoms with van der Waals surface area (Å²) in [6.45, 7) is 13.0. The molecule has 2 N–H and O–H groups in total. The lowest BCUT2D eigenvalue weighted by Gasteiger charge is -2.43. The van der Waals surface area contributed by atoms with Gasteiger partial charge in [-0.2, -0.15) is 0 Å². The van der Waals surface area contributed by atoms with Crippen molar-refractivity contribution >= 4 is 5.97 Å². The van der Waals surface area contributed by atoms with Crippen LogP contribution in [0.2, 0.25) is 0 Å².